The fourth-order valence-corrected chi connectivity index (χ4v) is 4.26. The number of nitrogens with zero attached hydrogens (tertiary/aromatic N) is 4. The maximum Gasteiger partial charge on any atom is 0.223 e. The van der Waals surface area contributed by atoms with Gasteiger partial charge in [-0.3, -0.25) is 9.78 Å². The summed E-state index contributed by atoms with van der Waals surface area (Å²) in [6.07, 6.45) is 7.62. The van der Waals surface area contributed by atoms with Gasteiger partial charge in [-0.25, -0.2) is 18.4 Å². The van der Waals surface area contributed by atoms with Gasteiger partial charge >= 0.3 is 0 Å². The lowest BCUT2D eigenvalue weighted by atomic mass is 9.94. The number of amides is 1. The summed E-state index contributed by atoms with van der Waals surface area (Å²) >= 11 is 5.69. The Morgan fingerprint density at radius 1 is 1.37 bits per heavy atom. The van der Waals surface area contributed by atoms with E-state index in [2.05, 4.69) is 15.0 Å². The van der Waals surface area contributed by atoms with Crippen LogP contribution in [0.1, 0.15) is 30.9 Å². The van der Waals surface area contributed by atoms with Gasteiger partial charge in [0.05, 0.1) is 5.69 Å². The largest absolute Gasteiger partial charge is 0.342 e. The topological polar surface area (TPSA) is 93.1 Å². The Labute approximate surface area is 163 Å². The van der Waals surface area contributed by atoms with E-state index in [4.69, 9.17) is 11.6 Å². The molecule has 1 aliphatic heterocycles. The lowest BCUT2D eigenvalue weighted by Gasteiger charge is -2.33. The van der Waals surface area contributed by atoms with Gasteiger partial charge in [-0.15, -0.1) is 11.6 Å². The second kappa shape index (κ2) is 8.31. The average Bonchev–Trinajstić information content (AvgIpc) is 2.68. The summed E-state index contributed by atoms with van der Waals surface area (Å²) in [5.74, 6) is 0.515. The molecule has 144 valence electrons. The zero-order valence-electron chi connectivity index (χ0n) is 15.0. The lowest BCUT2D eigenvalue weighted by molar-refractivity contribution is -0.132. The van der Waals surface area contributed by atoms with Crippen molar-refractivity contribution in [3.63, 3.8) is 0 Å². The predicted molar refractivity (Wildman–Crippen MR) is 102 cm³/mol. The van der Waals surface area contributed by atoms with Gasteiger partial charge in [0.2, 0.25) is 5.91 Å². The van der Waals surface area contributed by atoms with Gasteiger partial charge in [-0.2, -0.15) is 0 Å². The number of carbonyl (C=O) groups excluding carboxylic acids is 1. The van der Waals surface area contributed by atoms with E-state index in [9.17, 15) is 13.2 Å². The molecule has 3 heterocycles. The molecule has 3 rings (SSSR count). The first-order chi connectivity index (χ1) is 12.9. The average molecular weight is 409 g/mol. The SMILES string of the molecule is CS(=O)(=O)c1cnc(-c2cccnc2)nc1C1CCCN(C(=O)CCCl)C1. The quantitative estimate of drug-likeness (QED) is 0.704. The Balaban J connectivity index is 2.00. The lowest BCUT2D eigenvalue weighted by Crippen LogP contribution is -2.39. The van der Waals surface area contributed by atoms with Gasteiger partial charge in [0.15, 0.2) is 15.7 Å². The maximum atomic E-state index is 12.3. The van der Waals surface area contributed by atoms with Crippen LogP contribution in [0.4, 0.5) is 0 Å². The second-order valence-corrected chi connectivity index (χ2v) is 8.94. The number of aromatic nitrogens is 3. The number of likely N-dealkylation sites (tertiary alicyclic amines) is 1. The first-order valence-corrected chi connectivity index (χ1v) is 11.1. The smallest absolute Gasteiger partial charge is 0.223 e. The number of alkyl halides is 1. The molecule has 0 bridgehead atoms. The van der Waals surface area contributed by atoms with Crippen LogP contribution in [0.5, 0.6) is 0 Å². The Kier molecular flexibility index (Phi) is 6.06. The standard InChI is InChI=1S/C18H21ClN4O3S/c1-27(25,26)15-11-21-18(13-4-2-8-20-10-13)22-17(15)14-5-3-9-23(12-14)16(24)6-7-19/h2,4,8,10-11,14H,3,5-7,9,12H2,1H3. The molecule has 1 amide bonds. The van der Waals surface area contributed by atoms with Crippen LogP contribution in [0.3, 0.4) is 0 Å². The number of halogens is 1. The molecule has 0 radical (unpaired) electrons. The van der Waals surface area contributed by atoms with Crippen molar-refractivity contribution < 1.29 is 13.2 Å². The van der Waals surface area contributed by atoms with E-state index in [1.165, 1.54) is 6.20 Å². The summed E-state index contributed by atoms with van der Waals surface area (Å²) in [5.41, 5.74) is 1.18. The molecular weight excluding hydrogens is 388 g/mol. The molecule has 0 aliphatic carbocycles. The fourth-order valence-electron chi connectivity index (χ4n) is 3.26. The van der Waals surface area contributed by atoms with Crippen molar-refractivity contribution in [2.24, 2.45) is 0 Å². The van der Waals surface area contributed by atoms with Gasteiger partial charge < -0.3 is 4.90 Å². The van der Waals surface area contributed by atoms with Crippen molar-refractivity contribution in [2.45, 2.75) is 30.1 Å². The first kappa shape index (κ1) is 19.7. The third kappa shape index (κ3) is 4.62. The fraction of sp³-hybridized carbons (Fsp3) is 0.444. The molecule has 2 aromatic heterocycles. The molecule has 9 heteroatoms. The zero-order valence-corrected chi connectivity index (χ0v) is 16.6. The number of sulfone groups is 1. The van der Waals surface area contributed by atoms with E-state index in [1.807, 2.05) is 6.07 Å². The molecule has 1 unspecified atom stereocenters. The van der Waals surface area contributed by atoms with Gasteiger partial charge in [-0.05, 0) is 25.0 Å². The van der Waals surface area contributed by atoms with Crippen LogP contribution in [-0.4, -0.2) is 59.4 Å². The summed E-state index contributed by atoms with van der Waals surface area (Å²) in [4.78, 5) is 27.0. The van der Waals surface area contributed by atoms with Gasteiger partial charge in [0.25, 0.3) is 0 Å². The minimum absolute atomic E-state index is 0.0165. The maximum absolute atomic E-state index is 12.3. The molecule has 1 saturated heterocycles. The molecule has 0 aromatic carbocycles. The highest BCUT2D eigenvalue weighted by atomic mass is 35.5. The molecule has 0 N–H and O–H groups in total. The van der Waals surface area contributed by atoms with E-state index in [0.717, 1.165) is 19.1 Å². The predicted octanol–water partition coefficient (Wildman–Crippen LogP) is 2.28. The zero-order chi connectivity index (χ0) is 19.4. The van der Waals surface area contributed by atoms with Crippen molar-refractivity contribution >= 4 is 27.3 Å². The molecule has 1 atom stereocenters. The van der Waals surface area contributed by atoms with Crippen LogP contribution in [0, 0.1) is 0 Å². The monoisotopic (exact) mass is 408 g/mol. The molecule has 7 nitrogen and oxygen atoms in total. The third-order valence-corrected chi connectivity index (χ3v) is 5.87. The first-order valence-electron chi connectivity index (χ1n) is 8.71. The number of hydrogen-bond acceptors (Lipinski definition) is 6. The summed E-state index contributed by atoms with van der Waals surface area (Å²) in [7, 11) is -3.49. The molecule has 0 spiro atoms. The van der Waals surface area contributed by atoms with Crippen LogP contribution < -0.4 is 0 Å². The van der Waals surface area contributed by atoms with Gasteiger partial charge in [-0.1, -0.05) is 0 Å². The summed E-state index contributed by atoms with van der Waals surface area (Å²) in [5, 5.41) is 0. The second-order valence-electron chi connectivity index (χ2n) is 6.57. The number of carbonyl (C=O) groups is 1. The molecule has 2 aromatic rings. The summed E-state index contributed by atoms with van der Waals surface area (Å²) in [6.45, 7) is 1.09. The van der Waals surface area contributed by atoms with E-state index in [-0.39, 0.29) is 29.0 Å². The van der Waals surface area contributed by atoms with E-state index >= 15 is 0 Å². The van der Waals surface area contributed by atoms with Crippen LogP contribution >= 0.6 is 11.6 Å². The Bertz CT molecular complexity index is 921. The minimum atomic E-state index is -3.49. The molecule has 0 saturated carbocycles. The van der Waals surface area contributed by atoms with E-state index < -0.39 is 9.84 Å². The number of piperidine rings is 1. The number of rotatable bonds is 5. The third-order valence-electron chi connectivity index (χ3n) is 4.57. The van der Waals surface area contributed by atoms with Crippen LogP contribution in [-0.2, 0) is 14.6 Å². The highest BCUT2D eigenvalue weighted by Gasteiger charge is 2.30. The Hall–Kier alpha value is -2.06. The van der Waals surface area contributed by atoms with Crippen LogP contribution in [0.2, 0.25) is 0 Å². The van der Waals surface area contributed by atoms with Gasteiger partial charge in [0, 0.05) is 61.7 Å². The van der Waals surface area contributed by atoms with Crippen molar-refractivity contribution in [1.82, 2.24) is 19.9 Å². The molecule has 1 aliphatic rings. The van der Waals surface area contributed by atoms with Crippen molar-refractivity contribution in [3.8, 4) is 11.4 Å². The highest BCUT2D eigenvalue weighted by molar-refractivity contribution is 7.90. The Morgan fingerprint density at radius 3 is 2.85 bits per heavy atom. The number of hydrogen-bond donors (Lipinski definition) is 0. The van der Waals surface area contributed by atoms with Gasteiger partial charge in [0.1, 0.15) is 4.90 Å². The molecule has 27 heavy (non-hydrogen) atoms. The number of pyridine rings is 1. The summed E-state index contributed by atoms with van der Waals surface area (Å²) in [6, 6.07) is 3.60. The van der Waals surface area contributed by atoms with Crippen molar-refractivity contribution in [1.29, 1.82) is 0 Å². The van der Waals surface area contributed by atoms with Crippen molar-refractivity contribution in [2.75, 3.05) is 25.2 Å². The van der Waals surface area contributed by atoms with Crippen LogP contribution in [0.25, 0.3) is 11.4 Å². The normalized spacial score (nSPS) is 17.7. The Morgan fingerprint density at radius 2 is 2.19 bits per heavy atom. The van der Waals surface area contributed by atoms with Crippen LogP contribution in [0.15, 0.2) is 35.6 Å². The minimum Gasteiger partial charge on any atom is -0.342 e. The summed E-state index contributed by atoms with van der Waals surface area (Å²) < 4.78 is 24.5. The van der Waals surface area contributed by atoms with E-state index in [1.54, 1.807) is 23.4 Å². The van der Waals surface area contributed by atoms with E-state index in [0.29, 0.717) is 30.2 Å². The highest BCUT2D eigenvalue weighted by Crippen LogP contribution is 2.31. The molecule has 1 fully saturated rings. The molecular formula is C18H21ClN4O3S. The van der Waals surface area contributed by atoms with Crippen molar-refractivity contribution in [3.05, 3.63) is 36.4 Å².